The van der Waals surface area contributed by atoms with Crippen molar-refractivity contribution in [1.29, 1.82) is 0 Å². The summed E-state index contributed by atoms with van der Waals surface area (Å²) >= 11 is 3.36. The van der Waals surface area contributed by atoms with Crippen LogP contribution < -0.4 is 0 Å². The number of aryl methyl sites for hydroxylation is 1. The van der Waals surface area contributed by atoms with Crippen LogP contribution in [0.1, 0.15) is 27.9 Å². The van der Waals surface area contributed by atoms with Gasteiger partial charge in [-0.25, -0.2) is 0 Å². The number of benzene rings is 1. The van der Waals surface area contributed by atoms with Crippen LogP contribution in [0, 0.1) is 6.92 Å². The van der Waals surface area contributed by atoms with Crippen LogP contribution in [0.3, 0.4) is 0 Å². The third-order valence-electron chi connectivity index (χ3n) is 1.84. The molecular weight excluding hydrogens is 240 g/mol. The minimum atomic E-state index is 0.739. The first-order valence-corrected chi connectivity index (χ1v) is 5.68. The van der Waals surface area contributed by atoms with Crippen molar-refractivity contribution < 1.29 is 4.79 Å². The minimum absolute atomic E-state index is 0.739. The summed E-state index contributed by atoms with van der Waals surface area (Å²) in [4.78, 5) is 10.6. The van der Waals surface area contributed by atoms with Gasteiger partial charge < -0.3 is 0 Å². The smallest absolute Gasteiger partial charge is 0.150 e. The van der Waals surface area contributed by atoms with Crippen LogP contribution in [0.5, 0.6) is 0 Å². The van der Waals surface area contributed by atoms with Gasteiger partial charge in [-0.3, -0.25) is 4.79 Å². The number of carbonyl (C=O) groups is 1. The van der Waals surface area contributed by atoms with Crippen molar-refractivity contribution in [1.82, 2.24) is 0 Å². The number of hydrogen-bond acceptors (Lipinski definition) is 1. The molecule has 0 atom stereocenters. The van der Waals surface area contributed by atoms with Gasteiger partial charge in [-0.2, -0.15) is 0 Å². The Hall–Kier alpha value is -0.890. The molecule has 0 aliphatic carbocycles. The summed E-state index contributed by atoms with van der Waals surface area (Å²) in [6.45, 7) is 1.99. The third-order valence-corrected chi connectivity index (χ3v) is 2.30. The molecule has 0 saturated heterocycles. The lowest BCUT2D eigenvalue weighted by Crippen LogP contribution is -1.84. The number of aldehydes is 1. The highest BCUT2D eigenvalue weighted by Gasteiger charge is 1.94. The second-order valence-corrected chi connectivity index (χ2v) is 3.97. The molecule has 0 aliphatic rings. The van der Waals surface area contributed by atoms with Crippen molar-refractivity contribution in [2.24, 2.45) is 0 Å². The minimum Gasteiger partial charge on any atom is -0.298 e. The summed E-state index contributed by atoms with van der Waals surface area (Å²) in [5.74, 6) is 0. The van der Waals surface area contributed by atoms with Gasteiger partial charge in [-0.1, -0.05) is 34.1 Å². The van der Waals surface area contributed by atoms with Crippen molar-refractivity contribution in [2.45, 2.75) is 13.3 Å². The molecule has 0 spiro atoms. The predicted octanol–water partition coefficient (Wildman–Crippen LogP) is 3.61. The Morgan fingerprint density at radius 2 is 2.00 bits per heavy atom. The number of halogens is 1. The fourth-order valence-corrected chi connectivity index (χ4v) is 1.55. The van der Waals surface area contributed by atoms with E-state index in [4.69, 9.17) is 0 Å². The van der Waals surface area contributed by atoms with Crippen LogP contribution >= 0.6 is 15.9 Å². The first-order valence-electron chi connectivity index (χ1n) is 4.55. The number of carbonyl (C=O) groups excluding carboxylic acids is 1. The second kappa shape index (κ2) is 5.76. The van der Waals surface area contributed by atoms with Crippen LogP contribution in [-0.2, 0) is 0 Å². The summed E-state index contributed by atoms with van der Waals surface area (Å²) in [7, 11) is 0. The van der Waals surface area contributed by atoms with Crippen LogP contribution in [0.2, 0.25) is 0 Å². The van der Waals surface area contributed by atoms with E-state index < -0.39 is 0 Å². The Kier molecular flexibility index (Phi) is 4.60. The highest BCUT2D eigenvalue weighted by molar-refractivity contribution is 9.09. The largest absolute Gasteiger partial charge is 0.298 e. The molecule has 0 unspecified atom stereocenters. The van der Waals surface area contributed by atoms with E-state index in [1.807, 2.05) is 25.1 Å². The number of alkyl halides is 1. The second-order valence-electron chi connectivity index (χ2n) is 3.17. The lowest BCUT2D eigenvalue weighted by molar-refractivity contribution is 0.112. The van der Waals surface area contributed by atoms with E-state index in [0.29, 0.717) is 0 Å². The zero-order valence-electron chi connectivity index (χ0n) is 8.16. The Morgan fingerprint density at radius 1 is 1.29 bits per heavy atom. The van der Waals surface area contributed by atoms with Gasteiger partial charge >= 0.3 is 0 Å². The van der Waals surface area contributed by atoms with Crippen LogP contribution in [0.25, 0.3) is 6.08 Å². The maximum Gasteiger partial charge on any atom is 0.150 e. The fourth-order valence-electron chi connectivity index (χ4n) is 1.29. The molecular formula is C12H13BrO. The molecule has 0 bridgehead atoms. The molecule has 74 valence electrons. The van der Waals surface area contributed by atoms with E-state index in [-0.39, 0.29) is 0 Å². The molecule has 0 saturated carbocycles. The molecule has 1 nitrogen and oxygen atoms in total. The zero-order chi connectivity index (χ0) is 10.4. The third kappa shape index (κ3) is 3.46. The first-order chi connectivity index (χ1) is 6.76. The molecule has 0 radical (unpaired) electrons. The molecule has 1 rings (SSSR count). The van der Waals surface area contributed by atoms with Gasteiger partial charge in [-0.15, -0.1) is 0 Å². The highest BCUT2D eigenvalue weighted by atomic mass is 79.9. The Labute approximate surface area is 93.0 Å². The Balaban J connectivity index is 2.86. The quantitative estimate of drug-likeness (QED) is 0.591. The topological polar surface area (TPSA) is 17.1 Å². The van der Waals surface area contributed by atoms with Crippen molar-refractivity contribution >= 4 is 28.3 Å². The van der Waals surface area contributed by atoms with E-state index in [1.165, 1.54) is 0 Å². The van der Waals surface area contributed by atoms with E-state index in [2.05, 4.69) is 28.1 Å². The standard InChI is InChI=1S/C12H13BrO/c1-10-6-11(4-2-3-5-13)8-12(7-10)9-14/h2,4,6-9H,3,5H2,1H3. The zero-order valence-corrected chi connectivity index (χ0v) is 9.75. The van der Waals surface area contributed by atoms with E-state index >= 15 is 0 Å². The maximum atomic E-state index is 10.6. The highest BCUT2D eigenvalue weighted by Crippen LogP contribution is 2.10. The average Bonchev–Trinajstić information content (AvgIpc) is 2.17. The molecule has 0 aliphatic heterocycles. The summed E-state index contributed by atoms with van der Waals surface area (Å²) < 4.78 is 0. The average molecular weight is 253 g/mol. The van der Waals surface area contributed by atoms with E-state index in [0.717, 1.165) is 34.7 Å². The van der Waals surface area contributed by atoms with E-state index in [1.54, 1.807) is 0 Å². The van der Waals surface area contributed by atoms with Crippen LogP contribution in [0.15, 0.2) is 24.3 Å². The molecule has 0 heterocycles. The normalized spacial score (nSPS) is 10.7. The van der Waals surface area contributed by atoms with Gasteiger partial charge in [-0.05, 0) is 36.6 Å². The molecule has 2 heteroatoms. The molecule has 0 amide bonds. The Morgan fingerprint density at radius 3 is 2.64 bits per heavy atom. The number of allylic oxidation sites excluding steroid dienone is 1. The SMILES string of the molecule is Cc1cc(C=O)cc(C=CCCBr)c1. The van der Waals surface area contributed by atoms with Crippen LogP contribution in [0.4, 0.5) is 0 Å². The lowest BCUT2D eigenvalue weighted by atomic mass is 10.1. The van der Waals surface area contributed by atoms with Gasteiger partial charge in [0, 0.05) is 10.9 Å². The van der Waals surface area contributed by atoms with Crippen molar-refractivity contribution in [2.75, 3.05) is 5.33 Å². The van der Waals surface area contributed by atoms with Gasteiger partial charge in [0.15, 0.2) is 0 Å². The Bertz CT molecular complexity index is 342. The first kappa shape index (κ1) is 11.2. The van der Waals surface area contributed by atoms with Crippen molar-refractivity contribution in [3.8, 4) is 0 Å². The summed E-state index contributed by atoms with van der Waals surface area (Å²) in [6, 6.07) is 5.84. The van der Waals surface area contributed by atoms with Gasteiger partial charge in [0.05, 0.1) is 0 Å². The summed E-state index contributed by atoms with van der Waals surface area (Å²) in [5, 5.41) is 0.968. The van der Waals surface area contributed by atoms with Crippen LogP contribution in [-0.4, -0.2) is 11.6 Å². The summed E-state index contributed by atoms with van der Waals surface area (Å²) in [5.41, 5.74) is 2.95. The van der Waals surface area contributed by atoms with E-state index in [9.17, 15) is 4.79 Å². The number of rotatable bonds is 4. The van der Waals surface area contributed by atoms with Crippen molar-refractivity contribution in [3.63, 3.8) is 0 Å². The van der Waals surface area contributed by atoms with Gasteiger partial charge in [0.1, 0.15) is 6.29 Å². The summed E-state index contributed by atoms with van der Waals surface area (Å²) in [6.07, 6.45) is 6.03. The molecule has 14 heavy (non-hydrogen) atoms. The molecule has 1 aromatic rings. The number of hydrogen-bond donors (Lipinski definition) is 0. The molecule has 0 fully saturated rings. The fraction of sp³-hybridized carbons (Fsp3) is 0.250. The lowest BCUT2D eigenvalue weighted by Gasteiger charge is -1.98. The van der Waals surface area contributed by atoms with Gasteiger partial charge in [0.2, 0.25) is 0 Å². The van der Waals surface area contributed by atoms with Crippen molar-refractivity contribution in [3.05, 3.63) is 41.0 Å². The molecule has 0 N–H and O–H groups in total. The monoisotopic (exact) mass is 252 g/mol. The molecule has 1 aromatic carbocycles. The predicted molar refractivity (Wildman–Crippen MR) is 64.0 cm³/mol. The molecule has 0 aromatic heterocycles. The van der Waals surface area contributed by atoms with Gasteiger partial charge in [0.25, 0.3) is 0 Å². The maximum absolute atomic E-state index is 10.6.